The first-order valence-electron chi connectivity index (χ1n) is 8.50. The highest BCUT2D eigenvalue weighted by atomic mass is 32.2. The molecule has 1 spiro atoms. The maximum absolute atomic E-state index is 14.3. The van der Waals surface area contributed by atoms with E-state index in [0.29, 0.717) is 25.9 Å². The minimum absolute atomic E-state index is 0.210. The zero-order chi connectivity index (χ0) is 20.7. The maximum atomic E-state index is 14.3. The molecule has 1 fully saturated rings. The van der Waals surface area contributed by atoms with Gasteiger partial charge in [0.05, 0.1) is 0 Å². The number of rotatable bonds is 2. The van der Waals surface area contributed by atoms with Gasteiger partial charge in [-0.25, -0.2) is 9.18 Å². The third-order valence-corrected chi connectivity index (χ3v) is 5.67. The fourth-order valence-corrected chi connectivity index (χ4v) is 3.75. The molecular weight excluding hydrogens is 394 g/mol. The van der Waals surface area contributed by atoms with Crippen molar-refractivity contribution in [3.63, 3.8) is 0 Å². The standard InChI is InChI=1S/C16H23F4NO5S/c1-14(2,3)25-13(22)21-8-6-15(7-9-21)5-4-12(11(17)10-15)26-27(23,24)16(18,19)20/h4-10H2,1-3H3. The van der Waals surface area contributed by atoms with Crippen LogP contribution < -0.4 is 0 Å². The molecule has 0 bridgehead atoms. The van der Waals surface area contributed by atoms with E-state index < -0.39 is 44.3 Å². The van der Waals surface area contributed by atoms with E-state index in [9.17, 15) is 30.8 Å². The number of allylic oxidation sites excluding steroid dienone is 2. The normalized spacial score (nSPS) is 21.4. The fraction of sp³-hybridized carbons (Fsp3) is 0.812. The van der Waals surface area contributed by atoms with Crippen molar-refractivity contribution in [3.8, 4) is 0 Å². The molecule has 11 heteroatoms. The Balaban J connectivity index is 2.00. The first kappa shape index (κ1) is 21.8. The second kappa shape index (κ2) is 7.14. The van der Waals surface area contributed by atoms with E-state index >= 15 is 0 Å². The van der Waals surface area contributed by atoms with E-state index in [-0.39, 0.29) is 19.3 Å². The van der Waals surface area contributed by atoms with Gasteiger partial charge in [0, 0.05) is 25.9 Å². The summed E-state index contributed by atoms with van der Waals surface area (Å²) in [6, 6.07) is 0. The van der Waals surface area contributed by atoms with Gasteiger partial charge in [-0.3, -0.25) is 0 Å². The van der Waals surface area contributed by atoms with Crippen molar-refractivity contribution in [1.29, 1.82) is 0 Å². The van der Waals surface area contributed by atoms with Crippen LogP contribution in [0.3, 0.4) is 0 Å². The van der Waals surface area contributed by atoms with Crippen molar-refractivity contribution in [2.24, 2.45) is 5.41 Å². The number of hydrogen-bond acceptors (Lipinski definition) is 5. The summed E-state index contributed by atoms with van der Waals surface area (Å²) in [6.45, 7) is 5.90. The quantitative estimate of drug-likeness (QED) is 0.382. The molecule has 156 valence electrons. The summed E-state index contributed by atoms with van der Waals surface area (Å²) in [6.07, 6.45) is 0.249. The molecule has 0 atom stereocenters. The number of amides is 1. The average Bonchev–Trinajstić information content (AvgIpc) is 2.48. The van der Waals surface area contributed by atoms with Crippen LogP contribution in [0.5, 0.6) is 0 Å². The number of alkyl halides is 3. The molecule has 27 heavy (non-hydrogen) atoms. The highest BCUT2D eigenvalue weighted by molar-refractivity contribution is 7.87. The Morgan fingerprint density at radius 3 is 2.11 bits per heavy atom. The van der Waals surface area contributed by atoms with Crippen LogP contribution >= 0.6 is 0 Å². The van der Waals surface area contributed by atoms with Crippen molar-refractivity contribution in [1.82, 2.24) is 4.90 Å². The molecule has 6 nitrogen and oxygen atoms in total. The van der Waals surface area contributed by atoms with Gasteiger partial charge in [0.25, 0.3) is 0 Å². The van der Waals surface area contributed by atoms with Crippen molar-refractivity contribution in [2.75, 3.05) is 13.1 Å². The number of piperidine rings is 1. The number of carbonyl (C=O) groups excluding carboxylic acids is 1. The Labute approximate surface area is 155 Å². The van der Waals surface area contributed by atoms with E-state index in [0.717, 1.165) is 0 Å². The summed E-state index contributed by atoms with van der Waals surface area (Å²) < 4.78 is 82.8. The van der Waals surface area contributed by atoms with Crippen LogP contribution in [-0.2, 0) is 19.0 Å². The van der Waals surface area contributed by atoms with Gasteiger partial charge < -0.3 is 13.8 Å². The molecular formula is C16H23F4NO5S. The number of hydrogen-bond donors (Lipinski definition) is 0. The second-order valence-corrected chi connectivity index (χ2v) is 9.49. The largest absolute Gasteiger partial charge is 0.534 e. The second-order valence-electron chi connectivity index (χ2n) is 7.96. The number of ether oxygens (including phenoxy) is 1. The highest BCUT2D eigenvalue weighted by Gasteiger charge is 2.50. The van der Waals surface area contributed by atoms with Crippen molar-refractivity contribution in [3.05, 3.63) is 11.6 Å². The molecule has 1 aliphatic carbocycles. The minimum atomic E-state index is -5.88. The van der Waals surface area contributed by atoms with Crippen LogP contribution in [0.15, 0.2) is 11.6 Å². The molecule has 0 N–H and O–H groups in total. The lowest BCUT2D eigenvalue weighted by Gasteiger charge is -2.43. The molecule has 0 aromatic heterocycles. The van der Waals surface area contributed by atoms with Crippen molar-refractivity contribution in [2.45, 2.75) is 64.0 Å². The lowest BCUT2D eigenvalue weighted by atomic mass is 9.69. The van der Waals surface area contributed by atoms with E-state index in [1.54, 1.807) is 20.8 Å². The smallest absolute Gasteiger partial charge is 0.444 e. The Bertz CT molecular complexity index is 716. The van der Waals surface area contributed by atoms with Gasteiger partial charge in [-0.15, -0.1) is 0 Å². The number of likely N-dealkylation sites (tertiary alicyclic amines) is 1. The summed E-state index contributed by atoms with van der Waals surface area (Å²) in [4.78, 5) is 13.6. The zero-order valence-electron chi connectivity index (χ0n) is 15.4. The maximum Gasteiger partial charge on any atom is 0.534 e. The average molecular weight is 417 g/mol. The van der Waals surface area contributed by atoms with Crippen LogP contribution in [0, 0.1) is 5.41 Å². The Morgan fingerprint density at radius 1 is 1.11 bits per heavy atom. The van der Waals surface area contributed by atoms with Crippen LogP contribution in [-0.4, -0.2) is 43.6 Å². The fourth-order valence-electron chi connectivity index (χ4n) is 3.21. The van der Waals surface area contributed by atoms with Crippen LogP contribution in [0.4, 0.5) is 22.4 Å². The van der Waals surface area contributed by atoms with E-state index in [1.807, 2.05) is 0 Å². The predicted octanol–water partition coefficient (Wildman–Crippen LogP) is 4.23. The van der Waals surface area contributed by atoms with Gasteiger partial charge in [0.2, 0.25) is 0 Å². The predicted molar refractivity (Wildman–Crippen MR) is 87.5 cm³/mol. The van der Waals surface area contributed by atoms with Gasteiger partial charge in [0.15, 0.2) is 5.76 Å². The van der Waals surface area contributed by atoms with E-state index in [2.05, 4.69) is 4.18 Å². The summed E-state index contributed by atoms with van der Waals surface area (Å²) in [5.74, 6) is -1.77. The minimum Gasteiger partial charge on any atom is -0.444 e. The molecule has 1 amide bonds. The molecule has 0 aromatic rings. The van der Waals surface area contributed by atoms with Gasteiger partial charge in [-0.05, 0) is 45.4 Å². The molecule has 1 heterocycles. The third kappa shape index (κ3) is 5.26. The third-order valence-electron chi connectivity index (χ3n) is 4.68. The molecule has 0 unspecified atom stereocenters. The van der Waals surface area contributed by atoms with Gasteiger partial charge in [-0.1, -0.05) is 0 Å². The Morgan fingerprint density at radius 2 is 1.67 bits per heavy atom. The first-order valence-corrected chi connectivity index (χ1v) is 9.91. The number of nitrogens with zero attached hydrogens (tertiary/aromatic N) is 1. The van der Waals surface area contributed by atoms with Crippen LogP contribution in [0.1, 0.15) is 52.9 Å². The summed E-state index contributed by atoms with van der Waals surface area (Å²) in [5, 5.41) is 0. The number of carbonyl (C=O) groups is 1. The van der Waals surface area contributed by atoms with Gasteiger partial charge >= 0.3 is 21.7 Å². The molecule has 0 saturated carbocycles. The Hall–Kier alpha value is -1.52. The van der Waals surface area contributed by atoms with Gasteiger partial charge in [0.1, 0.15) is 11.4 Å². The molecule has 2 rings (SSSR count). The molecule has 1 aliphatic heterocycles. The SMILES string of the molecule is CC(C)(C)OC(=O)N1CCC2(CCC(OS(=O)(=O)C(F)(F)F)=C(F)C2)CC1. The molecule has 0 radical (unpaired) electrons. The first-order chi connectivity index (χ1) is 12.1. The van der Waals surface area contributed by atoms with Crippen molar-refractivity contribution >= 4 is 16.2 Å². The zero-order valence-corrected chi connectivity index (χ0v) is 16.2. The van der Waals surface area contributed by atoms with Crippen molar-refractivity contribution < 1.29 is 39.7 Å². The van der Waals surface area contributed by atoms with E-state index in [4.69, 9.17) is 4.74 Å². The Kier molecular flexibility index (Phi) is 5.76. The highest BCUT2D eigenvalue weighted by Crippen LogP contribution is 2.48. The van der Waals surface area contributed by atoms with Crippen LogP contribution in [0.25, 0.3) is 0 Å². The molecule has 1 saturated heterocycles. The van der Waals surface area contributed by atoms with Gasteiger partial charge in [-0.2, -0.15) is 21.6 Å². The molecule has 0 aromatic carbocycles. The summed E-state index contributed by atoms with van der Waals surface area (Å²) >= 11 is 0. The molecule has 2 aliphatic rings. The summed E-state index contributed by atoms with van der Waals surface area (Å²) in [5.41, 5.74) is -6.77. The lowest BCUT2D eigenvalue weighted by molar-refractivity contribution is -0.0528. The monoisotopic (exact) mass is 417 g/mol. The lowest BCUT2D eigenvalue weighted by Crippen LogP contribution is -2.46. The topological polar surface area (TPSA) is 72.9 Å². The number of halogens is 4. The van der Waals surface area contributed by atoms with E-state index in [1.165, 1.54) is 4.90 Å². The van der Waals surface area contributed by atoms with Crippen LogP contribution in [0.2, 0.25) is 0 Å². The summed E-state index contributed by atoms with van der Waals surface area (Å²) in [7, 11) is -5.88.